The maximum atomic E-state index is 5.41. The van der Waals surface area contributed by atoms with Crippen LogP contribution in [0.4, 0.5) is 0 Å². The van der Waals surface area contributed by atoms with Crippen molar-refractivity contribution in [3.05, 3.63) is 88.7 Å². The molecule has 1 aromatic heterocycles. The van der Waals surface area contributed by atoms with Crippen LogP contribution in [0.25, 0.3) is 5.69 Å². The number of hydrogen-bond donors (Lipinski definition) is 0. The molecule has 0 aliphatic carbocycles. The Morgan fingerprint density at radius 2 is 1.75 bits per heavy atom. The summed E-state index contributed by atoms with van der Waals surface area (Å²) in [7, 11) is 0. The Labute approximate surface area is 143 Å². The molecule has 0 bridgehead atoms. The van der Waals surface area contributed by atoms with E-state index in [0.29, 0.717) is 6.61 Å². The molecule has 0 unspecified atom stereocenters. The lowest BCUT2D eigenvalue weighted by Crippen LogP contribution is -1.99. The summed E-state index contributed by atoms with van der Waals surface area (Å²) in [4.78, 5) is 5.41. The predicted molar refractivity (Wildman–Crippen MR) is 98.8 cm³/mol. The van der Waals surface area contributed by atoms with Crippen LogP contribution in [0, 0.1) is 20.8 Å². The van der Waals surface area contributed by atoms with E-state index in [1.54, 1.807) is 6.21 Å². The Hall–Kier alpha value is -2.81. The van der Waals surface area contributed by atoms with E-state index >= 15 is 0 Å². The van der Waals surface area contributed by atoms with Crippen LogP contribution in [-0.4, -0.2) is 10.8 Å². The van der Waals surface area contributed by atoms with E-state index in [0.717, 1.165) is 16.8 Å². The van der Waals surface area contributed by atoms with E-state index in [-0.39, 0.29) is 0 Å². The van der Waals surface area contributed by atoms with Gasteiger partial charge in [-0.3, -0.25) is 0 Å². The van der Waals surface area contributed by atoms with Crippen molar-refractivity contribution < 1.29 is 4.84 Å². The molecule has 3 rings (SSSR count). The molecule has 3 nitrogen and oxygen atoms in total. The highest BCUT2D eigenvalue weighted by atomic mass is 16.6. The second-order valence-electron chi connectivity index (χ2n) is 5.99. The van der Waals surface area contributed by atoms with Crippen molar-refractivity contribution in [2.75, 3.05) is 0 Å². The Morgan fingerprint density at radius 3 is 2.50 bits per heavy atom. The average molecular weight is 318 g/mol. The minimum absolute atomic E-state index is 0.480. The number of rotatable bonds is 5. The van der Waals surface area contributed by atoms with Crippen LogP contribution in [-0.2, 0) is 11.4 Å². The first kappa shape index (κ1) is 16.1. The van der Waals surface area contributed by atoms with E-state index in [1.165, 1.54) is 16.9 Å². The highest BCUT2D eigenvalue weighted by Crippen LogP contribution is 2.20. The summed E-state index contributed by atoms with van der Waals surface area (Å²) < 4.78 is 2.24. The molecule has 2 aromatic carbocycles. The van der Waals surface area contributed by atoms with Gasteiger partial charge in [-0.1, -0.05) is 47.6 Å². The fourth-order valence-electron chi connectivity index (χ4n) is 2.86. The van der Waals surface area contributed by atoms with Gasteiger partial charge < -0.3 is 9.40 Å². The van der Waals surface area contributed by atoms with Crippen LogP contribution in [0.5, 0.6) is 0 Å². The van der Waals surface area contributed by atoms with Gasteiger partial charge in [0, 0.05) is 22.6 Å². The van der Waals surface area contributed by atoms with Gasteiger partial charge >= 0.3 is 0 Å². The first-order valence-electron chi connectivity index (χ1n) is 8.10. The molecule has 0 N–H and O–H groups in total. The third kappa shape index (κ3) is 3.57. The van der Waals surface area contributed by atoms with E-state index in [9.17, 15) is 0 Å². The van der Waals surface area contributed by atoms with E-state index in [4.69, 9.17) is 4.84 Å². The zero-order chi connectivity index (χ0) is 16.9. The Kier molecular flexibility index (Phi) is 4.80. The van der Waals surface area contributed by atoms with Crippen molar-refractivity contribution in [3.8, 4) is 5.69 Å². The number of benzene rings is 2. The summed E-state index contributed by atoms with van der Waals surface area (Å²) in [5, 5.41) is 4.13. The molecular formula is C21H22N2O. The molecule has 122 valence electrons. The summed E-state index contributed by atoms with van der Waals surface area (Å²) in [6.45, 7) is 6.80. The second kappa shape index (κ2) is 7.18. The fourth-order valence-corrected chi connectivity index (χ4v) is 2.86. The number of oxime groups is 1. The minimum Gasteiger partial charge on any atom is -0.391 e. The highest BCUT2D eigenvalue weighted by Gasteiger charge is 2.09. The smallest absolute Gasteiger partial charge is 0.142 e. The van der Waals surface area contributed by atoms with Gasteiger partial charge in [0.25, 0.3) is 0 Å². The van der Waals surface area contributed by atoms with Gasteiger partial charge in [-0.25, -0.2) is 0 Å². The molecule has 0 spiro atoms. The second-order valence-corrected chi connectivity index (χ2v) is 5.99. The third-order valence-corrected chi connectivity index (χ3v) is 4.07. The number of hydrogen-bond acceptors (Lipinski definition) is 2. The van der Waals surface area contributed by atoms with Gasteiger partial charge in [0.05, 0.1) is 6.21 Å². The summed E-state index contributed by atoms with van der Waals surface area (Å²) in [5.41, 5.74) is 6.95. The molecule has 0 amide bonds. The van der Waals surface area contributed by atoms with Crippen molar-refractivity contribution in [2.24, 2.45) is 5.16 Å². The summed E-state index contributed by atoms with van der Waals surface area (Å²) in [5.74, 6) is 0. The lowest BCUT2D eigenvalue weighted by molar-refractivity contribution is 0.132. The molecule has 1 heterocycles. The quantitative estimate of drug-likeness (QED) is 0.483. The van der Waals surface area contributed by atoms with Crippen molar-refractivity contribution in [3.63, 3.8) is 0 Å². The summed E-state index contributed by atoms with van der Waals surface area (Å²) in [6, 6.07) is 20.7. The maximum Gasteiger partial charge on any atom is 0.142 e. The normalized spacial score (nSPS) is 11.1. The van der Waals surface area contributed by atoms with Gasteiger partial charge in [0.2, 0.25) is 0 Å². The van der Waals surface area contributed by atoms with Crippen LogP contribution in [0.1, 0.15) is 28.1 Å². The van der Waals surface area contributed by atoms with Gasteiger partial charge in [0.1, 0.15) is 6.61 Å². The minimum atomic E-state index is 0.480. The average Bonchev–Trinajstić information content (AvgIpc) is 2.86. The van der Waals surface area contributed by atoms with E-state index < -0.39 is 0 Å². The van der Waals surface area contributed by atoms with Crippen LogP contribution in [0.3, 0.4) is 0 Å². The predicted octanol–water partition coefficient (Wildman–Crippen LogP) is 4.95. The summed E-state index contributed by atoms with van der Waals surface area (Å²) in [6.07, 6.45) is 1.79. The molecular weight excluding hydrogens is 296 g/mol. The van der Waals surface area contributed by atoms with Gasteiger partial charge in [-0.15, -0.1) is 0 Å². The molecule has 24 heavy (non-hydrogen) atoms. The van der Waals surface area contributed by atoms with Crippen molar-refractivity contribution in [1.29, 1.82) is 0 Å². The van der Waals surface area contributed by atoms with Crippen LogP contribution in [0.2, 0.25) is 0 Å². The topological polar surface area (TPSA) is 26.5 Å². The zero-order valence-electron chi connectivity index (χ0n) is 14.4. The Balaban J connectivity index is 1.75. The third-order valence-electron chi connectivity index (χ3n) is 4.07. The van der Waals surface area contributed by atoms with Gasteiger partial charge in [-0.05, 0) is 50.1 Å². The zero-order valence-corrected chi connectivity index (χ0v) is 14.4. The largest absolute Gasteiger partial charge is 0.391 e. The maximum absolute atomic E-state index is 5.41. The standard InChI is InChI=1S/C21H22N2O/c1-16-8-7-11-21(12-16)23-17(2)13-20(18(23)3)14-22-24-15-19-9-5-4-6-10-19/h4-14H,15H2,1-3H3/b22-14+. The van der Waals surface area contributed by atoms with Crippen LogP contribution >= 0.6 is 0 Å². The molecule has 0 fully saturated rings. The number of nitrogens with zero attached hydrogens (tertiary/aromatic N) is 2. The monoisotopic (exact) mass is 318 g/mol. The Bertz CT molecular complexity index is 848. The van der Waals surface area contributed by atoms with Crippen molar-refractivity contribution >= 4 is 6.21 Å². The first-order valence-corrected chi connectivity index (χ1v) is 8.10. The fraction of sp³-hybridized carbons (Fsp3) is 0.190. The Morgan fingerprint density at radius 1 is 0.958 bits per heavy atom. The molecule has 0 radical (unpaired) electrons. The van der Waals surface area contributed by atoms with Gasteiger partial charge in [0.15, 0.2) is 0 Å². The molecule has 0 aliphatic heterocycles. The van der Waals surface area contributed by atoms with E-state index in [2.05, 4.69) is 60.8 Å². The van der Waals surface area contributed by atoms with Crippen molar-refractivity contribution in [1.82, 2.24) is 4.57 Å². The lowest BCUT2D eigenvalue weighted by atomic mass is 10.2. The number of aryl methyl sites for hydroxylation is 2. The van der Waals surface area contributed by atoms with Crippen molar-refractivity contribution in [2.45, 2.75) is 27.4 Å². The SMILES string of the molecule is Cc1cccc(-n2c(C)cc(/C=N/OCc3ccccc3)c2C)c1. The van der Waals surface area contributed by atoms with E-state index in [1.807, 2.05) is 30.3 Å². The van der Waals surface area contributed by atoms with Crippen LogP contribution < -0.4 is 0 Å². The lowest BCUT2D eigenvalue weighted by Gasteiger charge is -2.10. The molecule has 0 saturated carbocycles. The highest BCUT2D eigenvalue weighted by molar-refractivity contribution is 5.81. The number of aromatic nitrogens is 1. The molecule has 0 saturated heterocycles. The summed E-state index contributed by atoms with van der Waals surface area (Å²) >= 11 is 0. The molecule has 0 atom stereocenters. The van der Waals surface area contributed by atoms with Crippen LogP contribution in [0.15, 0.2) is 65.8 Å². The van der Waals surface area contributed by atoms with Gasteiger partial charge in [-0.2, -0.15) is 0 Å². The first-order chi connectivity index (χ1) is 11.6. The molecule has 3 heteroatoms. The molecule has 3 aromatic rings. The molecule has 0 aliphatic rings.